The number of hydrogen-bond donors (Lipinski definition) is 1. The third-order valence-electron chi connectivity index (χ3n) is 3.50. The van der Waals surface area contributed by atoms with Crippen LogP contribution in [0, 0.1) is 0 Å². The molecule has 0 amide bonds. The second kappa shape index (κ2) is 5.83. The Morgan fingerprint density at radius 2 is 1.55 bits per heavy atom. The van der Waals surface area contributed by atoms with Crippen LogP contribution >= 0.6 is 11.8 Å². The number of fused-ring (bicyclic) bond motifs is 1. The summed E-state index contributed by atoms with van der Waals surface area (Å²) < 4.78 is 24.5. The van der Waals surface area contributed by atoms with Gasteiger partial charge in [0, 0.05) is 16.6 Å². The molecule has 1 N–H and O–H groups in total. The van der Waals surface area contributed by atoms with Crippen molar-refractivity contribution in [2.24, 2.45) is 0 Å². The van der Waals surface area contributed by atoms with Crippen LogP contribution in [-0.2, 0) is 12.8 Å². The molecule has 20 heavy (non-hydrogen) atoms. The van der Waals surface area contributed by atoms with Crippen molar-refractivity contribution in [3.8, 4) is 0 Å². The SMILES string of the molecule is FC(F)Sc1ccc(NC2Cc3ccccc3C2)cc1. The average molecular weight is 291 g/mol. The molecule has 0 radical (unpaired) electrons. The molecule has 1 aliphatic rings. The highest BCUT2D eigenvalue weighted by molar-refractivity contribution is 7.99. The summed E-state index contributed by atoms with van der Waals surface area (Å²) in [5, 5.41) is 3.47. The average Bonchev–Trinajstić information content (AvgIpc) is 2.82. The van der Waals surface area contributed by atoms with E-state index in [-0.39, 0.29) is 0 Å². The van der Waals surface area contributed by atoms with E-state index >= 15 is 0 Å². The molecule has 2 aromatic carbocycles. The predicted octanol–water partition coefficient (Wildman–Crippen LogP) is 4.58. The van der Waals surface area contributed by atoms with Crippen molar-refractivity contribution in [1.82, 2.24) is 0 Å². The molecular formula is C16H15F2NS. The molecule has 0 bridgehead atoms. The molecule has 1 nitrogen and oxygen atoms in total. The van der Waals surface area contributed by atoms with Crippen molar-refractivity contribution in [3.05, 3.63) is 59.7 Å². The Labute approximate surface area is 121 Å². The first-order valence-corrected chi connectivity index (χ1v) is 7.47. The van der Waals surface area contributed by atoms with Crippen LogP contribution in [0.3, 0.4) is 0 Å². The maximum Gasteiger partial charge on any atom is 0.288 e. The predicted molar refractivity (Wildman–Crippen MR) is 79.6 cm³/mol. The van der Waals surface area contributed by atoms with E-state index in [1.807, 2.05) is 12.1 Å². The van der Waals surface area contributed by atoms with Crippen molar-refractivity contribution in [3.63, 3.8) is 0 Å². The smallest absolute Gasteiger partial charge is 0.288 e. The number of halogens is 2. The van der Waals surface area contributed by atoms with Gasteiger partial charge in [-0.05, 0) is 48.2 Å². The van der Waals surface area contributed by atoms with Gasteiger partial charge in [0.1, 0.15) is 0 Å². The number of hydrogen-bond acceptors (Lipinski definition) is 2. The van der Waals surface area contributed by atoms with E-state index in [9.17, 15) is 8.78 Å². The number of thioether (sulfide) groups is 1. The minimum atomic E-state index is -2.36. The van der Waals surface area contributed by atoms with Crippen LogP contribution in [0.5, 0.6) is 0 Å². The number of anilines is 1. The van der Waals surface area contributed by atoms with Gasteiger partial charge < -0.3 is 5.32 Å². The van der Waals surface area contributed by atoms with E-state index in [4.69, 9.17) is 0 Å². The summed E-state index contributed by atoms with van der Waals surface area (Å²) in [5.41, 5.74) is 3.78. The van der Waals surface area contributed by atoms with Crippen molar-refractivity contribution < 1.29 is 8.78 Å². The van der Waals surface area contributed by atoms with Crippen LogP contribution in [0.25, 0.3) is 0 Å². The summed E-state index contributed by atoms with van der Waals surface area (Å²) in [6.45, 7) is 0. The van der Waals surface area contributed by atoms with Gasteiger partial charge in [-0.25, -0.2) is 0 Å². The third kappa shape index (κ3) is 3.12. The van der Waals surface area contributed by atoms with Gasteiger partial charge in [-0.2, -0.15) is 8.78 Å². The first kappa shape index (κ1) is 13.4. The fraction of sp³-hybridized carbons (Fsp3) is 0.250. The normalized spacial score (nSPS) is 14.6. The van der Waals surface area contributed by atoms with E-state index in [1.54, 1.807) is 12.1 Å². The van der Waals surface area contributed by atoms with Gasteiger partial charge in [0.25, 0.3) is 5.76 Å². The second-order valence-corrected chi connectivity index (χ2v) is 5.98. The Morgan fingerprint density at radius 1 is 0.950 bits per heavy atom. The summed E-state index contributed by atoms with van der Waals surface area (Å²) in [6.07, 6.45) is 2.04. The minimum absolute atomic E-state index is 0.390. The lowest BCUT2D eigenvalue weighted by Crippen LogP contribution is -2.19. The number of rotatable bonds is 4. The number of alkyl halides is 2. The Balaban J connectivity index is 1.62. The molecule has 104 valence electrons. The lowest BCUT2D eigenvalue weighted by molar-refractivity contribution is 0.252. The van der Waals surface area contributed by atoms with Gasteiger partial charge in [0.15, 0.2) is 0 Å². The Bertz CT molecular complexity index is 558. The second-order valence-electron chi connectivity index (χ2n) is 4.92. The molecule has 0 saturated carbocycles. The zero-order chi connectivity index (χ0) is 13.9. The van der Waals surface area contributed by atoms with Gasteiger partial charge >= 0.3 is 0 Å². The van der Waals surface area contributed by atoms with E-state index in [1.165, 1.54) is 11.1 Å². The molecule has 0 aliphatic heterocycles. The van der Waals surface area contributed by atoms with Gasteiger partial charge in [-0.3, -0.25) is 0 Å². The maximum absolute atomic E-state index is 12.2. The zero-order valence-corrected chi connectivity index (χ0v) is 11.7. The highest BCUT2D eigenvalue weighted by Crippen LogP contribution is 2.28. The van der Waals surface area contributed by atoms with Crippen LogP contribution in [-0.4, -0.2) is 11.8 Å². The Hall–Kier alpha value is -1.55. The molecule has 0 atom stereocenters. The van der Waals surface area contributed by atoms with E-state index < -0.39 is 5.76 Å². The van der Waals surface area contributed by atoms with Crippen LogP contribution < -0.4 is 5.32 Å². The summed E-state index contributed by atoms with van der Waals surface area (Å²) in [6, 6.07) is 16.1. The van der Waals surface area contributed by atoms with Crippen molar-refractivity contribution in [2.45, 2.75) is 29.5 Å². The lowest BCUT2D eigenvalue weighted by atomic mass is 10.1. The van der Waals surface area contributed by atoms with E-state index in [0.29, 0.717) is 22.7 Å². The fourth-order valence-electron chi connectivity index (χ4n) is 2.63. The minimum Gasteiger partial charge on any atom is -0.382 e. The number of nitrogens with one attached hydrogen (secondary N) is 1. The molecule has 0 unspecified atom stereocenters. The van der Waals surface area contributed by atoms with Crippen LogP contribution in [0.4, 0.5) is 14.5 Å². The molecule has 4 heteroatoms. The van der Waals surface area contributed by atoms with Gasteiger partial charge in [-0.1, -0.05) is 36.0 Å². The number of benzene rings is 2. The van der Waals surface area contributed by atoms with Gasteiger partial charge in [-0.15, -0.1) is 0 Å². The van der Waals surface area contributed by atoms with Crippen LogP contribution in [0.2, 0.25) is 0 Å². The molecule has 0 saturated heterocycles. The largest absolute Gasteiger partial charge is 0.382 e. The van der Waals surface area contributed by atoms with Gasteiger partial charge in [0.05, 0.1) is 0 Å². The zero-order valence-electron chi connectivity index (χ0n) is 10.9. The van der Waals surface area contributed by atoms with Crippen molar-refractivity contribution in [2.75, 3.05) is 5.32 Å². The molecule has 0 fully saturated rings. The topological polar surface area (TPSA) is 12.0 Å². The molecule has 0 heterocycles. The monoisotopic (exact) mass is 291 g/mol. The summed E-state index contributed by atoms with van der Waals surface area (Å²) in [4.78, 5) is 0.597. The summed E-state index contributed by atoms with van der Waals surface area (Å²) in [5.74, 6) is -2.36. The highest BCUT2D eigenvalue weighted by Gasteiger charge is 2.20. The molecular weight excluding hydrogens is 276 g/mol. The maximum atomic E-state index is 12.2. The summed E-state index contributed by atoms with van der Waals surface area (Å²) in [7, 11) is 0. The Morgan fingerprint density at radius 3 is 2.10 bits per heavy atom. The standard InChI is InChI=1S/C16H15F2NS/c17-16(18)20-15-7-5-13(6-8-15)19-14-9-11-3-1-2-4-12(11)10-14/h1-8,14,16,19H,9-10H2. The van der Waals surface area contributed by atoms with Crippen LogP contribution in [0.1, 0.15) is 11.1 Å². The fourth-order valence-corrected chi connectivity index (χ4v) is 3.13. The molecule has 1 aliphatic carbocycles. The van der Waals surface area contributed by atoms with Gasteiger partial charge in [0.2, 0.25) is 0 Å². The first-order chi connectivity index (χ1) is 9.70. The van der Waals surface area contributed by atoms with Crippen molar-refractivity contribution >= 4 is 17.4 Å². The van der Waals surface area contributed by atoms with E-state index in [2.05, 4.69) is 29.6 Å². The third-order valence-corrected chi connectivity index (χ3v) is 4.22. The quantitative estimate of drug-likeness (QED) is 0.827. The molecule has 0 spiro atoms. The van der Waals surface area contributed by atoms with Crippen molar-refractivity contribution in [1.29, 1.82) is 0 Å². The van der Waals surface area contributed by atoms with E-state index in [0.717, 1.165) is 18.5 Å². The molecule has 0 aromatic heterocycles. The molecule has 3 rings (SSSR count). The summed E-state index contributed by atoms with van der Waals surface area (Å²) >= 11 is 0.579. The highest BCUT2D eigenvalue weighted by atomic mass is 32.2. The van der Waals surface area contributed by atoms with Crippen LogP contribution in [0.15, 0.2) is 53.4 Å². The molecule has 2 aromatic rings. The first-order valence-electron chi connectivity index (χ1n) is 6.59. The Kier molecular flexibility index (Phi) is 3.92. The lowest BCUT2D eigenvalue weighted by Gasteiger charge is -2.14.